The molecule has 0 aromatic heterocycles. The standard InChI is InChI=1S/C74H54N2/c1-51-50-59(55-26-12-5-13-27-55)42-49-69(51)76(62-47-40-58(41-48-62)54-24-10-4-11-25-54)71-35-19-33-68-73(71)64-29-15-17-31-66(64)74(68)65-30-16-14-28-63(65)72-67(74)32-18-34-70(72)75(60-43-36-56(37-44-60)52-20-6-2-7-21-52)61-45-38-57(39-46-61)53-22-8-3-9-23-53/h2-51,69H,1H3. The SMILES string of the molecule is CC1C=C(c2ccccc2)C=CC1N(c1ccc(-c2ccccc2)cc1)c1cccc2c1-c1ccccc1C21c2ccccc2-c2c(N(c3ccc(-c4ccccc4)cc3)c3ccc(-c4ccccc4)cc3)cccc21. The van der Waals surface area contributed by atoms with E-state index in [-0.39, 0.29) is 12.0 Å². The van der Waals surface area contributed by atoms with E-state index < -0.39 is 5.41 Å². The Labute approximate surface area is 446 Å². The van der Waals surface area contributed by atoms with Crippen LogP contribution in [-0.2, 0) is 5.41 Å². The van der Waals surface area contributed by atoms with Crippen molar-refractivity contribution in [3.63, 3.8) is 0 Å². The summed E-state index contributed by atoms with van der Waals surface area (Å²) >= 11 is 0. The summed E-state index contributed by atoms with van der Waals surface area (Å²) < 4.78 is 0. The molecule has 3 aliphatic rings. The minimum absolute atomic E-state index is 0.0371. The van der Waals surface area contributed by atoms with Crippen molar-refractivity contribution in [3.05, 3.63) is 325 Å². The fourth-order valence-corrected chi connectivity index (χ4v) is 12.8. The molecule has 11 aromatic carbocycles. The van der Waals surface area contributed by atoms with E-state index in [1.54, 1.807) is 0 Å². The van der Waals surface area contributed by atoms with E-state index in [1.807, 2.05) is 0 Å². The molecule has 11 aromatic rings. The fraction of sp³-hybridized carbons (Fsp3) is 0.0541. The lowest BCUT2D eigenvalue weighted by molar-refractivity contribution is 0.612. The van der Waals surface area contributed by atoms with Crippen molar-refractivity contribution in [2.24, 2.45) is 5.92 Å². The van der Waals surface area contributed by atoms with Gasteiger partial charge in [0.2, 0.25) is 0 Å². The van der Waals surface area contributed by atoms with Crippen LogP contribution in [0.2, 0.25) is 0 Å². The summed E-state index contributed by atoms with van der Waals surface area (Å²) in [6.45, 7) is 2.38. The van der Waals surface area contributed by atoms with Crippen molar-refractivity contribution in [3.8, 4) is 55.6 Å². The number of anilines is 5. The molecule has 14 rings (SSSR count). The molecule has 0 radical (unpaired) electrons. The number of benzene rings is 11. The molecule has 3 atom stereocenters. The summed E-state index contributed by atoms with van der Waals surface area (Å²) in [6, 6.07) is 103. The predicted molar refractivity (Wildman–Crippen MR) is 319 cm³/mol. The Balaban J connectivity index is 0.968. The Morgan fingerprint density at radius 1 is 0.316 bits per heavy atom. The monoisotopic (exact) mass is 970 g/mol. The molecule has 0 N–H and O–H groups in total. The highest BCUT2D eigenvalue weighted by Crippen LogP contribution is 2.66. The number of rotatable bonds is 10. The highest BCUT2D eigenvalue weighted by molar-refractivity contribution is 6.04. The summed E-state index contributed by atoms with van der Waals surface area (Å²) in [5, 5.41) is 0. The molecule has 0 amide bonds. The highest BCUT2D eigenvalue weighted by Gasteiger charge is 2.53. The fourth-order valence-electron chi connectivity index (χ4n) is 12.8. The van der Waals surface area contributed by atoms with Crippen LogP contribution in [0, 0.1) is 5.92 Å². The van der Waals surface area contributed by atoms with Gasteiger partial charge >= 0.3 is 0 Å². The maximum absolute atomic E-state index is 2.63. The van der Waals surface area contributed by atoms with Crippen molar-refractivity contribution in [2.75, 3.05) is 9.80 Å². The lowest BCUT2D eigenvalue weighted by Gasteiger charge is -2.38. The summed E-state index contributed by atoms with van der Waals surface area (Å²) in [4.78, 5) is 5.10. The molecule has 2 nitrogen and oxygen atoms in total. The molecule has 0 saturated carbocycles. The van der Waals surface area contributed by atoms with Crippen LogP contribution in [0.4, 0.5) is 28.4 Å². The van der Waals surface area contributed by atoms with Crippen molar-refractivity contribution in [1.29, 1.82) is 0 Å². The molecular weight excluding hydrogens is 917 g/mol. The van der Waals surface area contributed by atoms with Gasteiger partial charge in [0, 0.05) is 33.9 Å². The van der Waals surface area contributed by atoms with Gasteiger partial charge in [0.15, 0.2) is 0 Å². The maximum Gasteiger partial charge on any atom is 0.0727 e. The zero-order valence-electron chi connectivity index (χ0n) is 42.3. The lowest BCUT2D eigenvalue weighted by Crippen LogP contribution is -2.36. The Hall–Kier alpha value is -9.50. The van der Waals surface area contributed by atoms with E-state index >= 15 is 0 Å². The van der Waals surface area contributed by atoms with Crippen LogP contribution >= 0.6 is 0 Å². The van der Waals surface area contributed by atoms with E-state index in [2.05, 4.69) is 314 Å². The van der Waals surface area contributed by atoms with Crippen LogP contribution in [0.15, 0.2) is 297 Å². The number of fused-ring (bicyclic) bond motifs is 10. The number of hydrogen-bond acceptors (Lipinski definition) is 2. The van der Waals surface area contributed by atoms with Gasteiger partial charge < -0.3 is 9.80 Å². The van der Waals surface area contributed by atoms with Gasteiger partial charge in [-0.1, -0.05) is 256 Å². The molecule has 0 fully saturated rings. The number of hydrogen-bond donors (Lipinski definition) is 0. The molecule has 3 unspecified atom stereocenters. The first-order valence-corrected chi connectivity index (χ1v) is 26.6. The summed E-state index contributed by atoms with van der Waals surface area (Å²) in [5.41, 5.74) is 25.1. The normalized spacial score (nSPS) is 16.6. The molecule has 3 aliphatic carbocycles. The second-order valence-corrected chi connectivity index (χ2v) is 20.4. The second kappa shape index (κ2) is 18.8. The topological polar surface area (TPSA) is 6.48 Å². The molecular formula is C74H54N2. The summed E-state index contributed by atoms with van der Waals surface area (Å²) in [6.07, 6.45) is 7.24. The molecule has 0 aliphatic heterocycles. The zero-order chi connectivity index (χ0) is 50.6. The van der Waals surface area contributed by atoms with E-state index in [9.17, 15) is 0 Å². The molecule has 0 bridgehead atoms. The summed E-state index contributed by atoms with van der Waals surface area (Å²) in [5.74, 6) is 0.195. The van der Waals surface area contributed by atoms with E-state index in [0.717, 1.165) is 22.7 Å². The molecule has 76 heavy (non-hydrogen) atoms. The zero-order valence-corrected chi connectivity index (χ0v) is 42.3. The number of allylic oxidation sites excluding steroid dienone is 2. The molecule has 1 spiro atoms. The molecule has 360 valence electrons. The minimum atomic E-state index is -0.596. The van der Waals surface area contributed by atoms with Gasteiger partial charge in [0.1, 0.15) is 0 Å². The van der Waals surface area contributed by atoms with Crippen molar-refractivity contribution in [1.82, 2.24) is 0 Å². The Morgan fingerprint density at radius 2 is 0.684 bits per heavy atom. The van der Waals surface area contributed by atoms with Crippen molar-refractivity contribution in [2.45, 2.75) is 18.4 Å². The van der Waals surface area contributed by atoms with Crippen LogP contribution in [0.5, 0.6) is 0 Å². The minimum Gasteiger partial charge on any atom is -0.333 e. The quantitative estimate of drug-likeness (QED) is 0.135. The molecule has 0 saturated heterocycles. The van der Waals surface area contributed by atoms with Crippen LogP contribution in [0.3, 0.4) is 0 Å². The van der Waals surface area contributed by atoms with Crippen molar-refractivity contribution < 1.29 is 0 Å². The average molecular weight is 971 g/mol. The smallest absolute Gasteiger partial charge is 0.0727 e. The Bertz CT molecular complexity index is 3890. The lowest BCUT2D eigenvalue weighted by atomic mass is 9.70. The van der Waals surface area contributed by atoms with Gasteiger partial charge in [-0.2, -0.15) is 0 Å². The van der Waals surface area contributed by atoms with Gasteiger partial charge in [-0.05, 0) is 132 Å². The Kier molecular flexibility index (Phi) is 11.1. The first-order chi connectivity index (χ1) is 37.6. The van der Waals surface area contributed by atoms with Crippen molar-refractivity contribution >= 4 is 34.0 Å². The molecule has 2 heteroatoms. The van der Waals surface area contributed by atoms with Crippen LogP contribution in [0.1, 0.15) is 34.7 Å². The first-order valence-electron chi connectivity index (χ1n) is 26.6. The van der Waals surface area contributed by atoms with E-state index in [1.165, 1.54) is 94.7 Å². The molecule has 0 heterocycles. The van der Waals surface area contributed by atoms with Crippen LogP contribution in [0.25, 0.3) is 61.2 Å². The van der Waals surface area contributed by atoms with Gasteiger partial charge in [-0.25, -0.2) is 0 Å². The second-order valence-electron chi connectivity index (χ2n) is 20.4. The first kappa shape index (κ1) is 45.1. The third-order valence-electron chi connectivity index (χ3n) is 16.2. The van der Waals surface area contributed by atoms with E-state index in [4.69, 9.17) is 0 Å². The third-order valence-corrected chi connectivity index (χ3v) is 16.2. The van der Waals surface area contributed by atoms with Crippen LogP contribution < -0.4 is 9.80 Å². The largest absolute Gasteiger partial charge is 0.333 e. The Morgan fingerprint density at radius 3 is 1.14 bits per heavy atom. The average Bonchev–Trinajstić information content (AvgIpc) is 4.17. The maximum atomic E-state index is 2.63. The highest BCUT2D eigenvalue weighted by atomic mass is 15.2. The van der Waals surface area contributed by atoms with Gasteiger partial charge in [-0.15, -0.1) is 0 Å². The predicted octanol–water partition coefficient (Wildman–Crippen LogP) is 19.3. The third kappa shape index (κ3) is 7.40. The van der Waals surface area contributed by atoms with E-state index in [0.29, 0.717) is 0 Å². The van der Waals surface area contributed by atoms with Crippen LogP contribution in [-0.4, -0.2) is 6.04 Å². The number of nitrogens with zero attached hydrogens (tertiary/aromatic N) is 2. The van der Waals surface area contributed by atoms with Gasteiger partial charge in [0.25, 0.3) is 0 Å². The van der Waals surface area contributed by atoms with Gasteiger partial charge in [-0.3, -0.25) is 0 Å². The van der Waals surface area contributed by atoms with Gasteiger partial charge in [0.05, 0.1) is 17.1 Å². The summed E-state index contributed by atoms with van der Waals surface area (Å²) in [7, 11) is 0.